The molecule has 0 saturated carbocycles. The predicted octanol–water partition coefficient (Wildman–Crippen LogP) is 3.96. The van der Waals surface area contributed by atoms with Gasteiger partial charge < -0.3 is 0 Å². The molecular weight excluding hydrogens is 240 g/mol. The zero-order valence-electron chi connectivity index (χ0n) is 10.8. The van der Waals surface area contributed by atoms with E-state index in [0.29, 0.717) is 11.3 Å². The van der Waals surface area contributed by atoms with Gasteiger partial charge in [-0.1, -0.05) is 35.9 Å². The first-order valence-electron chi connectivity index (χ1n) is 5.92. The van der Waals surface area contributed by atoms with Crippen molar-refractivity contribution in [3.8, 4) is 0 Å². The van der Waals surface area contributed by atoms with E-state index in [9.17, 15) is 10.1 Å². The Kier molecular flexibility index (Phi) is 3.71. The Morgan fingerprint density at radius 3 is 2.42 bits per heavy atom. The number of rotatable bonds is 3. The second kappa shape index (κ2) is 5.44. The van der Waals surface area contributed by atoms with Crippen LogP contribution in [0.1, 0.15) is 16.7 Å². The van der Waals surface area contributed by atoms with Crippen LogP contribution in [-0.4, -0.2) is 11.1 Å². The third-order valence-electron chi connectivity index (χ3n) is 2.90. The van der Waals surface area contributed by atoms with Crippen molar-refractivity contribution in [3.63, 3.8) is 0 Å². The van der Waals surface area contributed by atoms with Gasteiger partial charge >= 0.3 is 0 Å². The summed E-state index contributed by atoms with van der Waals surface area (Å²) in [6.45, 7) is 3.73. The average molecular weight is 254 g/mol. The molecule has 2 aromatic rings. The number of nitro benzene ring substituents is 1. The van der Waals surface area contributed by atoms with Crippen molar-refractivity contribution >= 4 is 17.6 Å². The quantitative estimate of drug-likeness (QED) is 0.473. The molecule has 0 heterocycles. The van der Waals surface area contributed by atoms with Gasteiger partial charge in [0.05, 0.1) is 16.2 Å². The summed E-state index contributed by atoms with van der Waals surface area (Å²) < 4.78 is 0. The van der Waals surface area contributed by atoms with Crippen LogP contribution in [0.15, 0.2) is 47.5 Å². The van der Waals surface area contributed by atoms with Crippen LogP contribution in [-0.2, 0) is 0 Å². The van der Waals surface area contributed by atoms with Crippen LogP contribution in [0.5, 0.6) is 0 Å². The molecule has 19 heavy (non-hydrogen) atoms. The van der Waals surface area contributed by atoms with Crippen LogP contribution < -0.4 is 0 Å². The number of nitrogens with zero attached hydrogens (tertiary/aromatic N) is 2. The summed E-state index contributed by atoms with van der Waals surface area (Å²) in [4.78, 5) is 14.8. The number of aryl methyl sites for hydroxylation is 1. The lowest BCUT2D eigenvalue weighted by atomic mass is 10.1. The van der Waals surface area contributed by atoms with Gasteiger partial charge in [-0.2, -0.15) is 0 Å². The van der Waals surface area contributed by atoms with Crippen LogP contribution in [0.2, 0.25) is 0 Å². The molecule has 0 aliphatic carbocycles. The van der Waals surface area contributed by atoms with Crippen molar-refractivity contribution in [3.05, 3.63) is 69.3 Å². The Labute approximate surface area is 111 Å². The van der Waals surface area contributed by atoms with Crippen molar-refractivity contribution in [2.45, 2.75) is 13.8 Å². The van der Waals surface area contributed by atoms with Crippen molar-refractivity contribution in [2.24, 2.45) is 4.99 Å². The number of hydrogen-bond donors (Lipinski definition) is 0. The van der Waals surface area contributed by atoms with E-state index in [1.54, 1.807) is 25.3 Å². The molecular formula is C15H14N2O2. The minimum absolute atomic E-state index is 0.0959. The Hall–Kier alpha value is -2.49. The van der Waals surface area contributed by atoms with Gasteiger partial charge in [0, 0.05) is 12.3 Å². The third-order valence-corrected chi connectivity index (χ3v) is 2.90. The van der Waals surface area contributed by atoms with E-state index in [0.717, 1.165) is 5.56 Å². The van der Waals surface area contributed by atoms with E-state index in [2.05, 4.69) is 4.99 Å². The molecule has 96 valence electrons. The normalized spacial score (nSPS) is 10.8. The standard InChI is InChI=1S/C15H14N2O2/c1-11-6-8-13(9-7-11)10-16-14-4-3-5-15(12(14)2)17(18)19/h3-10H,1-2H3. The monoisotopic (exact) mass is 254 g/mol. The minimum Gasteiger partial charge on any atom is -0.258 e. The fraction of sp³-hybridized carbons (Fsp3) is 0.133. The van der Waals surface area contributed by atoms with Gasteiger partial charge in [-0.05, 0) is 25.5 Å². The molecule has 0 saturated heterocycles. The van der Waals surface area contributed by atoms with E-state index in [4.69, 9.17) is 0 Å². The van der Waals surface area contributed by atoms with E-state index in [1.807, 2.05) is 31.2 Å². The molecule has 0 atom stereocenters. The Balaban J connectivity index is 2.31. The molecule has 0 aromatic heterocycles. The van der Waals surface area contributed by atoms with E-state index in [-0.39, 0.29) is 10.6 Å². The van der Waals surface area contributed by atoms with Gasteiger partial charge in [0.15, 0.2) is 0 Å². The summed E-state index contributed by atoms with van der Waals surface area (Å²) in [5.41, 5.74) is 3.45. The number of aliphatic imine (C=N–C) groups is 1. The number of hydrogen-bond acceptors (Lipinski definition) is 3. The molecule has 2 rings (SSSR count). The van der Waals surface area contributed by atoms with Crippen molar-refractivity contribution < 1.29 is 4.92 Å². The molecule has 0 fully saturated rings. The summed E-state index contributed by atoms with van der Waals surface area (Å²) in [5.74, 6) is 0. The molecule has 0 amide bonds. The zero-order chi connectivity index (χ0) is 13.8. The summed E-state index contributed by atoms with van der Waals surface area (Å²) in [5, 5.41) is 10.8. The van der Waals surface area contributed by atoms with Crippen molar-refractivity contribution in [1.29, 1.82) is 0 Å². The zero-order valence-corrected chi connectivity index (χ0v) is 10.8. The topological polar surface area (TPSA) is 55.5 Å². The lowest BCUT2D eigenvalue weighted by molar-refractivity contribution is -0.385. The lowest BCUT2D eigenvalue weighted by Gasteiger charge is -2.01. The SMILES string of the molecule is Cc1ccc(C=Nc2cccc([N+](=O)[O-])c2C)cc1. The molecule has 4 nitrogen and oxygen atoms in total. The van der Waals surface area contributed by atoms with Gasteiger partial charge in [-0.3, -0.25) is 15.1 Å². The molecule has 0 N–H and O–H groups in total. The second-order valence-corrected chi connectivity index (χ2v) is 4.35. The maximum atomic E-state index is 10.8. The molecule has 0 aliphatic heterocycles. The first-order chi connectivity index (χ1) is 9.08. The highest BCUT2D eigenvalue weighted by Gasteiger charge is 2.12. The van der Waals surface area contributed by atoms with Gasteiger partial charge in [-0.15, -0.1) is 0 Å². The molecule has 0 unspecified atom stereocenters. The summed E-state index contributed by atoms with van der Waals surface area (Å²) >= 11 is 0. The summed E-state index contributed by atoms with van der Waals surface area (Å²) in [6.07, 6.45) is 1.71. The maximum Gasteiger partial charge on any atom is 0.274 e. The second-order valence-electron chi connectivity index (χ2n) is 4.35. The van der Waals surface area contributed by atoms with E-state index < -0.39 is 0 Å². The van der Waals surface area contributed by atoms with E-state index in [1.165, 1.54) is 11.6 Å². The summed E-state index contributed by atoms with van der Waals surface area (Å²) in [7, 11) is 0. The van der Waals surface area contributed by atoms with Crippen LogP contribution >= 0.6 is 0 Å². The first kappa shape index (κ1) is 13.0. The summed E-state index contributed by atoms with van der Waals surface area (Å²) in [6, 6.07) is 12.8. The molecule has 2 aromatic carbocycles. The first-order valence-corrected chi connectivity index (χ1v) is 5.92. The number of benzene rings is 2. The highest BCUT2D eigenvalue weighted by Crippen LogP contribution is 2.27. The molecule has 0 aliphatic rings. The molecule has 0 bridgehead atoms. The van der Waals surface area contributed by atoms with Crippen LogP contribution in [0.25, 0.3) is 0 Å². The fourth-order valence-electron chi connectivity index (χ4n) is 1.75. The molecule has 0 spiro atoms. The van der Waals surface area contributed by atoms with Gasteiger partial charge in [0.1, 0.15) is 0 Å². The smallest absolute Gasteiger partial charge is 0.258 e. The molecule has 4 heteroatoms. The largest absolute Gasteiger partial charge is 0.274 e. The Morgan fingerprint density at radius 2 is 1.79 bits per heavy atom. The highest BCUT2D eigenvalue weighted by atomic mass is 16.6. The lowest BCUT2D eigenvalue weighted by Crippen LogP contribution is -1.91. The van der Waals surface area contributed by atoms with Crippen LogP contribution in [0.4, 0.5) is 11.4 Å². The number of nitro groups is 1. The maximum absolute atomic E-state index is 10.8. The molecule has 0 radical (unpaired) electrons. The van der Waals surface area contributed by atoms with Gasteiger partial charge in [0.2, 0.25) is 0 Å². The van der Waals surface area contributed by atoms with Gasteiger partial charge in [-0.25, -0.2) is 0 Å². The van der Waals surface area contributed by atoms with Crippen molar-refractivity contribution in [1.82, 2.24) is 0 Å². The fourth-order valence-corrected chi connectivity index (χ4v) is 1.75. The van der Waals surface area contributed by atoms with Crippen molar-refractivity contribution in [2.75, 3.05) is 0 Å². The third kappa shape index (κ3) is 3.04. The predicted molar refractivity (Wildman–Crippen MR) is 76.3 cm³/mol. The Morgan fingerprint density at radius 1 is 1.11 bits per heavy atom. The Bertz CT molecular complexity index is 631. The van der Waals surface area contributed by atoms with Gasteiger partial charge in [0.25, 0.3) is 5.69 Å². The average Bonchev–Trinajstić information content (AvgIpc) is 2.39. The minimum atomic E-state index is -0.389. The van der Waals surface area contributed by atoms with Crippen LogP contribution in [0, 0.1) is 24.0 Å². The highest BCUT2D eigenvalue weighted by molar-refractivity contribution is 5.82. The van der Waals surface area contributed by atoms with Crippen LogP contribution in [0.3, 0.4) is 0 Å². The van der Waals surface area contributed by atoms with E-state index >= 15 is 0 Å².